The lowest BCUT2D eigenvalue weighted by Gasteiger charge is -2.14. The summed E-state index contributed by atoms with van der Waals surface area (Å²) in [5.74, 6) is 0. The molecule has 8 rings (SSSR count). The van der Waals surface area contributed by atoms with Crippen LogP contribution in [0.1, 0.15) is 5.56 Å². The van der Waals surface area contributed by atoms with E-state index in [2.05, 4.69) is 118 Å². The van der Waals surface area contributed by atoms with E-state index in [0.717, 1.165) is 45.4 Å². The van der Waals surface area contributed by atoms with Gasteiger partial charge in [0.25, 0.3) is 0 Å². The minimum absolute atomic E-state index is 0.735. The first-order valence-corrected chi connectivity index (χ1v) is 13.9. The van der Waals surface area contributed by atoms with Gasteiger partial charge in [0.05, 0.1) is 11.0 Å². The van der Waals surface area contributed by atoms with Gasteiger partial charge in [-0.1, -0.05) is 72.8 Å². The summed E-state index contributed by atoms with van der Waals surface area (Å²) in [5.41, 5.74) is 23.4. The van der Waals surface area contributed by atoms with Crippen LogP contribution in [-0.2, 0) is 6.54 Å². The van der Waals surface area contributed by atoms with Gasteiger partial charge in [-0.15, -0.1) is 0 Å². The largest absolute Gasteiger partial charge is 0.399 e. The number of rotatable bonds is 4. The number of hydrogen-bond donors (Lipinski definition) is 2. The lowest BCUT2D eigenvalue weighted by Crippen LogP contribution is -2.01. The molecule has 4 N–H and O–H groups in total. The zero-order chi connectivity index (χ0) is 27.5. The normalized spacial score (nSPS) is 11.7. The summed E-state index contributed by atoms with van der Waals surface area (Å²) >= 11 is 0. The minimum Gasteiger partial charge on any atom is -0.399 e. The van der Waals surface area contributed by atoms with E-state index in [0.29, 0.717) is 0 Å². The van der Waals surface area contributed by atoms with E-state index in [9.17, 15) is 0 Å². The van der Waals surface area contributed by atoms with Crippen LogP contribution >= 0.6 is 0 Å². The molecule has 6 aromatic carbocycles. The Morgan fingerprint density at radius 3 is 1.61 bits per heavy atom. The lowest BCUT2D eigenvalue weighted by molar-refractivity contribution is 0.871. The third-order valence-corrected chi connectivity index (χ3v) is 8.28. The number of aromatic nitrogens is 2. The number of nitrogen functional groups attached to an aromatic ring is 2. The zero-order valence-corrected chi connectivity index (χ0v) is 22.5. The highest BCUT2D eigenvalue weighted by Crippen LogP contribution is 2.35. The average Bonchev–Trinajstić information content (AvgIpc) is 3.50. The van der Waals surface area contributed by atoms with Gasteiger partial charge in [-0.05, 0) is 77.4 Å². The van der Waals surface area contributed by atoms with Crippen LogP contribution in [0.25, 0.3) is 60.4 Å². The van der Waals surface area contributed by atoms with Crippen LogP contribution in [0.2, 0.25) is 0 Å². The average molecular weight is 529 g/mol. The quantitative estimate of drug-likeness (QED) is 0.224. The van der Waals surface area contributed by atoms with Crippen molar-refractivity contribution < 1.29 is 0 Å². The van der Waals surface area contributed by atoms with Crippen LogP contribution in [0.4, 0.5) is 11.4 Å². The van der Waals surface area contributed by atoms with Crippen molar-refractivity contribution >= 4 is 55.0 Å². The van der Waals surface area contributed by atoms with Crippen molar-refractivity contribution in [3.8, 4) is 16.8 Å². The monoisotopic (exact) mass is 528 g/mol. The number of para-hydroxylation sites is 2. The van der Waals surface area contributed by atoms with Gasteiger partial charge >= 0.3 is 0 Å². The van der Waals surface area contributed by atoms with Crippen LogP contribution in [0, 0.1) is 0 Å². The van der Waals surface area contributed by atoms with Crippen molar-refractivity contribution in [1.29, 1.82) is 0 Å². The van der Waals surface area contributed by atoms with Gasteiger partial charge in [-0.3, -0.25) is 0 Å². The Kier molecular flexibility index (Phi) is 5.16. The highest BCUT2D eigenvalue weighted by Gasteiger charge is 2.15. The Morgan fingerprint density at radius 1 is 0.463 bits per heavy atom. The van der Waals surface area contributed by atoms with Crippen LogP contribution in [0.3, 0.4) is 0 Å². The number of benzene rings is 6. The number of anilines is 2. The highest BCUT2D eigenvalue weighted by atomic mass is 15.0. The van der Waals surface area contributed by atoms with Crippen LogP contribution in [-0.4, -0.2) is 9.13 Å². The molecule has 0 fully saturated rings. The van der Waals surface area contributed by atoms with E-state index in [1.807, 2.05) is 24.3 Å². The molecular formula is C37H28N4. The molecule has 0 unspecified atom stereocenters. The molecule has 0 saturated carbocycles. The lowest BCUT2D eigenvalue weighted by atomic mass is 9.99. The zero-order valence-electron chi connectivity index (χ0n) is 22.5. The molecule has 4 heteroatoms. The molecule has 0 amide bonds. The van der Waals surface area contributed by atoms with E-state index >= 15 is 0 Å². The molecule has 41 heavy (non-hydrogen) atoms. The molecule has 0 spiro atoms. The van der Waals surface area contributed by atoms with Gasteiger partial charge in [0.15, 0.2) is 0 Å². The Balaban J connectivity index is 1.23. The molecular weight excluding hydrogens is 500 g/mol. The van der Waals surface area contributed by atoms with Gasteiger partial charge in [-0.25, -0.2) is 0 Å². The molecule has 2 heterocycles. The number of hydrogen-bond acceptors (Lipinski definition) is 2. The van der Waals surface area contributed by atoms with Crippen LogP contribution in [0.5, 0.6) is 0 Å². The summed E-state index contributed by atoms with van der Waals surface area (Å²) in [6.45, 7) is 0.735. The summed E-state index contributed by atoms with van der Waals surface area (Å²) < 4.78 is 4.73. The molecule has 0 atom stereocenters. The molecule has 0 aliphatic carbocycles. The fourth-order valence-electron chi connectivity index (χ4n) is 6.41. The van der Waals surface area contributed by atoms with Crippen molar-refractivity contribution in [3.05, 3.63) is 139 Å². The summed E-state index contributed by atoms with van der Waals surface area (Å²) in [5, 5.41) is 4.79. The van der Waals surface area contributed by atoms with E-state index in [-0.39, 0.29) is 0 Å². The van der Waals surface area contributed by atoms with E-state index < -0.39 is 0 Å². The predicted octanol–water partition coefficient (Wildman–Crippen LogP) is 8.77. The number of nitrogens with zero attached hydrogens (tertiary/aromatic N) is 2. The predicted molar refractivity (Wildman–Crippen MR) is 174 cm³/mol. The second-order valence-corrected chi connectivity index (χ2v) is 10.7. The second-order valence-electron chi connectivity index (χ2n) is 10.7. The molecule has 4 nitrogen and oxygen atoms in total. The first-order valence-electron chi connectivity index (χ1n) is 13.9. The standard InChI is InChI=1S/C37H28N4/c38-26-15-19-34-32(21-26)33-22-27(39)16-20-35(33)40(34)23-25-7-1-2-8-29(25)24-13-17-28(18-14-24)41-36-11-5-3-9-30(36)31-10-4-6-12-37(31)41/h1-22H,23,38-39H2. The maximum Gasteiger partial charge on any atom is 0.0541 e. The molecule has 0 radical (unpaired) electrons. The van der Waals surface area contributed by atoms with Crippen molar-refractivity contribution in [2.45, 2.75) is 6.54 Å². The molecule has 0 aliphatic heterocycles. The highest BCUT2D eigenvalue weighted by molar-refractivity contribution is 6.10. The Hall–Kier alpha value is -5.48. The SMILES string of the molecule is Nc1ccc2c(c1)c1cc(N)ccc1n2Cc1ccccc1-c1ccc(-n2c3ccccc3c3ccccc32)cc1. The van der Waals surface area contributed by atoms with Gasteiger partial charge in [0, 0.05) is 56.2 Å². The first kappa shape index (κ1) is 23.4. The van der Waals surface area contributed by atoms with Crippen molar-refractivity contribution in [2.75, 3.05) is 11.5 Å². The third kappa shape index (κ3) is 3.69. The first-order chi connectivity index (χ1) is 20.2. The van der Waals surface area contributed by atoms with Crippen molar-refractivity contribution in [1.82, 2.24) is 9.13 Å². The minimum atomic E-state index is 0.735. The van der Waals surface area contributed by atoms with Crippen LogP contribution in [0.15, 0.2) is 133 Å². The summed E-state index contributed by atoms with van der Waals surface area (Å²) in [6.07, 6.45) is 0. The Bertz CT molecular complexity index is 2140. The Labute approximate surface area is 237 Å². The van der Waals surface area contributed by atoms with Gasteiger partial charge < -0.3 is 20.6 Å². The van der Waals surface area contributed by atoms with Crippen molar-refractivity contribution in [2.24, 2.45) is 0 Å². The topological polar surface area (TPSA) is 61.9 Å². The summed E-state index contributed by atoms with van der Waals surface area (Å²) in [6, 6.07) is 47.2. The van der Waals surface area contributed by atoms with Gasteiger partial charge in [0.1, 0.15) is 0 Å². The third-order valence-electron chi connectivity index (χ3n) is 8.28. The number of nitrogens with two attached hydrogens (primary N) is 2. The Morgan fingerprint density at radius 2 is 1.00 bits per heavy atom. The van der Waals surface area contributed by atoms with Crippen LogP contribution < -0.4 is 11.5 Å². The molecule has 0 bridgehead atoms. The fraction of sp³-hybridized carbons (Fsp3) is 0.0270. The van der Waals surface area contributed by atoms with Gasteiger partial charge in [-0.2, -0.15) is 0 Å². The van der Waals surface area contributed by atoms with Gasteiger partial charge in [0.2, 0.25) is 0 Å². The maximum atomic E-state index is 6.18. The molecule has 8 aromatic rings. The molecule has 0 aliphatic rings. The number of fused-ring (bicyclic) bond motifs is 6. The molecule has 2 aromatic heterocycles. The second kappa shape index (κ2) is 9.04. The summed E-state index contributed by atoms with van der Waals surface area (Å²) in [7, 11) is 0. The maximum absolute atomic E-state index is 6.18. The summed E-state index contributed by atoms with van der Waals surface area (Å²) in [4.78, 5) is 0. The van der Waals surface area contributed by atoms with E-state index in [1.54, 1.807) is 0 Å². The van der Waals surface area contributed by atoms with Crippen molar-refractivity contribution in [3.63, 3.8) is 0 Å². The van der Waals surface area contributed by atoms with E-state index in [4.69, 9.17) is 11.5 Å². The molecule has 0 saturated heterocycles. The smallest absolute Gasteiger partial charge is 0.0541 e. The fourth-order valence-corrected chi connectivity index (χ4v) is 6.41. The van der Waals surface area contributed by atoms with E-state index in [1.165, 1.54) is 38.5 Å². The molecule has 196 valence electrons.